The van der Waals surface area contributed by atoms with Crippen LogP contribution in [0, 0.1) is 31.3 Å². The van der Waals surface area contributed by atoms with E-state index < -0.39 is 11.6 Å². The van der Waals surface area contributed by atoms with Gasteiger partial charge in [0.2, 0.25) is 0 Å². The largest absolute Gasteiger partial charge is 0.291 e. The van der Waals surface area contributed by atoms with E-state index in [2.05, 4.69) is 19.1 Å². The molecule has 0 N–H and O–H groups in total. The van der Waals surface area contributed by atoms with Crippen LogP contribution in [0.15, 0.2) is 59.8 Å². The Kier molecular flexibility index (Phi) is 6.69. The number of hydrogen-bond donors (Lipinski definition) is 0. The van der Waals surface area contributed by atoms with Gasteiger partial charge in [0.05, 0.1) is 11.4 Å². The third kappa shape index (κ3) is 4.35. The zero-order chi connectivity index (χ0) is 25.6. The maximum absolute atomic E-state index is 14.7. The maximum atomic E-state index is 14.7. The summed E-state index contributed by atoms with van der Waals surface area (Å²) in [6.45, 7) is 5.81. The Hall–Kier alpha value is -2.70. The average molecular weight is 527 g/mol. The second kappa shape index (κ2) is 9.64. The lowest BCUT2D eigenvalue weighted by atomic mass is 9.71. The van der Waals surface area contributed by atoms with Gasteiger partial charge in [-0.05, 0) is 93.1 Å². The van der Waals surface area contributed by atoms with Gasteiger partial charge in [0.15, 0.2) is 5.16 Å². The summed E-state index contributed by atoms with van der Waals surface area (Å²) in [6, 6.07) is 15.1. The monoisotopic (exact) mass is 526 g/mol. The second-order valence-electron chi connectivity index (χ2n) is 9.60. The van der Waals surface area contributed by atoms with E-state index in [9.17, 15) is 13.2 Å². The minimum absolute atomic E-state index is 0.0303. The minimum atomic E-state index is -0.572. The van der Waals surface area contributed by atoms with E-state index in [4.69, 9.17) is 16.6 Å². The number of aromatic nitrogens is 2. The van der Waals surface area contributed by atoms with Crippen LogP contribution >= 0.6 is 23.4 Å². The molecule has 7 heteroatoms. The first-order valence-corrected chi connectivity index (χ1v) is 13.3. The smallest absolute Gasteiger partial charge is 0.173 e. The van der Waals surface area contributed by atoms with Crippen LogP contribution in [0.25, 0.3) is 5.69 Å². The summed E-state index contributed by atoms with van der Waals surface area (Å²) in [7, 11) is 0. The molecule has 3 aromatic carbocycles. The number of benzene rings is 3. The van der Waals surface area contributed by atoms with E-state index in [0.717, 1.165) is 47.5 Å². The molecule has 4 aromatic rings. The number of aryl methyl sites for hydroxylation is 3. The molecule has 1 aliphatic rings. The second-order valence-corrected chi connectivity index (χ2v) is 10.9. The fourth-order valence-electron chi connectivity index (χ4n) is 5.09. The maximum Gasteiger partial charge on any atom is 0.173 e. The molecule has 0 bridgehead atoms. The molecular formula is C29H26ClF3N2S. The van der Waals surface area contributed by atoms with Crippen molar-refractivity contribution in [2.75, 3.05) is 0 Å². The van der Waals surface area contributed by atoms with Crippen molar-refractivity contribution >= 4 is 23.4 Å². The molecule has 1 unspecified atom stereocenters. The van der Waals surface area contributed by atoms with Crippen LogP contribution < -0.4 is 0 Å². The lowest BCUT2D eigenvalue weighted by Gasteiger charge is -2.36. The van der Waals surface area contributed by atoms with Crippen molar-refractivity contribution in [1.29, 1.82) is 0 Å². The van der Waals surface area contributed by atoms with E-state index in [1.165, 1.54) is 36.0 Å². The summed E-state index contributed by atoms with van der Waals surface area (Å²) < 4.78 is 45.1. The third-order valence-corrected chi connectivity index (χ3v) is 8.53. The number of thioether (sulfide) groups is 1. The minimum Gasteiger partial charge on any atom is -0.291 e. The van der Waals surface area contributed by atoms with Crippen molar-refractivity contribution in [3.8, 4) is 5.69 Å². The van der Waals surface area contributed by atoms with Gasteiger partial charge >= 0.3 is 0 Å². The van der Waals surface area contributed by atoms with Gasteiger partial charge in [0.1, 0.15) is 17.5 Å². The highest BCUT2D eigenvalue weighted by molar-refractivity contribution is 7.98. The van der Waals surface area contributed by atoms with Gasteiger partial charge in [-0.3, -0.25) is 4.57 Å². The highest BCUT2D eigenvalue weighted by Gasteiger charge is 2.39. The van der Waals surface area contributed by atoms with Gasteiger partial charge < -0.3 is 0 Å². The van der Waals surface area contributed by atoms with Crippen molar-refractivity contribution in [3.05, 3.63) is 111 Å². The van der Waals surface area contributed by atoms with E-state index in [0.29, 0.717) is 15.7 Å². The Morgan fingerprint density at radius 2 is 1.75 bits per heavy atom. The molecule has 5 rings (SSSR count). The third-order valence-electron chi connectivity index (χ3n) is 7.14. The fourth-order valence-corrected chi connectivity index (χ4v) is 6.25. The van der Waals surface area contributed by atoms with Gasteiger partial charge in [0, 0.05) is 27.4 Å². The molecule has 186 valence electrons. The first-order chi connectivity index (χ1) is 17.2. The van der Waals surface area contributed by atoms with Crippen LogP contribution in [-0.2, 0) is 17.6 Å². The zero-order valence-corrected chi connectivity index (χ0v) is 21.9. The molecule has 0 fully saturated rings. The van der Waals surface area contributed by atoms with Crippen LogP contribution in [0.1, 0.15) is 53.4 Å². The molecule has 0 radical (unpaired) electrons. The van der Waals surface area contributed by atoms with Crippen molar-refractivity contribution in [2.24, 2.45) is 0 Å². The molecular weight excluding hydrogens is 501 g/mol. The summed E-state index contributed by atoms with van der Waals surface area (Å²) in [5.41, 5.74) is 4.92. The van der Waals surface area contributed by atoms with Crippen LogP contribution in [0.2, 0.25) is 5.02 Å². The van der Waals surface area contributed by atoms with Crippen molar-refractivity contribution in [2.45, 2.75) is 56.4 Å². The van der Waals surface area contributed by atoms with E-state index in [1.807, 2.05) is 17.6 Å². The molecule has 0 spiro atoms. The molecule has 36 heavy (non-hydrogen) atoms. The summed E-state index contributed by atoms with van der Waals surface area (Å²) in [4.78, 5) is 4.97. The predicted octanol–water partition coefficient (Wildman–Crippen LogP) is 8.49. The number of hydrogen-bond acceptors (Lipinski definition) is 2. The highest BCUT2D eigenvalue weighted by atomic mass is 35.5. The molecule has 1 aromatic heterocycles. The first kappa shape index (κ1) is 25.0. The van der Waals surface area contributed by atoms with Crippen molar-refractivity contribution in [1.82, 2.24) is 9.55 Å². The SMILES string of the molecule is Cc1cc(C2(C)CCCc3nc(SCc4c(F)ccc(C)c4F)n(-c4ccc(F)cc4)c32)ccc1Cl. The molecule has 1 atom stereocenters. The summed E-state index contributed by atoms with van der Waals surface area (Å²) >= 11 is 7.62. The highest BCUT2D eigenvalue weighted by Crippen LogP contribution is 2.46. The van der Waals surface area contributed by atoms with E-state index >= 15 is 0 Å². The molecule has 0 saturated heterocycles. The standard InChI is InChI=1S/C29H26ClF3N2S/c1-17-6-13-24(32)22(26(17)33)16-36-28-34-25-5-4-14-29(3,19-7-12-23(30)18(2)15-19)27(25)35(28)21-10-8-20(31)9-11-21/h6-13,15H,4-5,14,16H2,1-3H3. The zero-order valence-electron chi connectivity index (χ0n) is 20.3. The number of nitrogens with zero attached hydrogens (tertiary/aromatic N) is 2. The van der Waals surface area contributed by atoms with E-state index in [1.54, 1.807) is 19.1 Å². The summed E-state index contributed by atoms with van der Waals surface area (Å²) in [6.07, 6.45) is 2.66. The fraction of sp³-hybridized carbons (Fsp3) is 0.276. The number of imidazole rings is 1. The molecule has 1 heterocycles. The van der Waals surface area contributed by atoms with Crippen LogP contribution in [0.4, 0.5) is 13.2 Å². The number of rotatable bonds is 5. The topological polar surface area (TPSA) is 17.8 Å². The average Bonchev–Trinajstić information content (AvgIpc) is 3.23. The van der Waals surface area contributed by atoms with Gasteiger partial charge in [-0.15, -0.1) is 0 Å². The van der Waals surface area contributed by atoms with Gasteiger partial charge in [-0.2, -0.15) is 0 Å². The number of halogens is 4. The Balaban J connectivity index is 1.66. The lowest BCUT2D eigenvalue weighted by molar-refractivity contribution is 0.442. The molecule has 0 saturated carbocycles. The van der Waals surface area contributed by atoms with Crippen LogP contribution in [-0.4, -0.2) is 9.55 Å². The predicted molar refractivity (Wildman–Crippen MR) is 140 cm³/mol. The van der Waals surface area contributed by atoms with Crippen LogP contribution in [0.5, 0.6) is 0 Å². The van der Waals surface area contributed by atoms with Gasteiger partial charge in [-0.1, -0.05) is 41.6 Å². The summed E-state index contributed by atoms with van der Waals surface area (Å²) in [5, 5.41) is 1.34. The lowest BCUT2D eigenvalue weighted by Crippen LogP contribution is -2.31. The van der Waals surface area contributed by atoms with Gasteiger partial charge in [-0.25, -0.2) is 18.2 Å². The molecule has 1 aliphatic carbocycles. The Labute approximate surface area is 218 Å². The van der Waals surface area contributed by atoms with E-state index in [-0.39, 0.29) is 22.5 Å². The number of fused-ring (bicyclic) bond motifs is 1. The summed E-state index contributed by atoms with van der Waals surface area (Å²) in [5.74, 6) is -1.35. The molecule has 0 aliphatic heterocycles. The first-order valence-electron chi connectivity index (χ1n) is 11.9. The molecule has 0 amide bonds. The van der Waals surface area contributed by atoms with Gasteiger partial charge in [0.25, 0.3) is 0 Å². The Morgan fingerprint density at radius 3 is 2.47 bits per heavy atom. The Bertz CT molecular complexity index is 1450. The Morgan fingerprint density at radius 1 is 1.00 bits per heavy atom. The van der Waals surface area contributed by atoms with Crippen LogP contribution in [0.3, 0.4) is 0 Å². The normalized spacial score (nSPS) is 17.3. The quantitative estimate of drug-likeness (QED) is 0.243. The van der Waals surface area contributed by atoms with Crippen molar-refractivity contribution < 1.29 is 13.2 Å². The van der Waals surface area contributed by atoms with Crippen molar-refractivity contribution in [3.63, 3.8) is 0 Å². The molecule has 2 nitrogen and oxygen atoms in total.